The van der Waals surface area contributed by atoms with Gasteiger partial charge in [0.2, 0.25) is 5.91 Å². The van der Waals surface area contributed by atoms with Crippen LogP contribution in [0.4, 0.5) is 5.82 Å². The lowest BCUT2D eigenvalue weighted by molar-refractivity contribution is -0.116. The van der Waals surface area contributed by atoms with Crippen LogP contribution in [0.25, 0.3) is 0 Å². The van der Waals surface area contributed by atoms with Gasteiger partial charge in [-0.1, -0.05) is 12.1 Å². The summed E-state index contributed by atoms with van der Waals surface area (Å²) in [6, 6.07) is 7.90. The van der Waals surface area contributed by atoms with E-state index >= 15 is 0 Å². The fourth-order valence-electron chi connectivity index (χ4n) is 1.63. The van der Waals surface area contributed by atoms with Crippen molar-refractivity contribution in [2.75, 3.05) is 5.32 Å². The smallest absolute Gasteiger partial charge is 0.225 e. The number of rotatable bonds is 5. The van der Waals surface area contributed by atoms with E-state index in [9.17, 15) is 4.79 Å². The largest absolute Gasteiger partial charge is 0.311 e. The number of hydrogen-bond donors (Lipinski definition) is 1. The van der Waals surface area contributed by atoms with Crippen molar-refractivity contribution in [3.8, 4) is 0 Å². The standard InChI is InChI=1S/C14H16N2OS/c1-11-7-8-13(15-10-11)16-14(17)6-2-4-12-5-3-9-18-12/h3,5,7-10H,2,4,6H2,1H3,(H,15,16,17). The molecule has 3 nitrogen and oxygen atoms in total. The van der Waals surface area contributed by atoms with E-state index < -0.39 is 0 Å². The number of carbonyl (C=O) groups is 1. The Balaban J connectivity index is 1.73. The second-order valence-electron chi connectivity index (χ2n) is 4.20. The molecular weight excluding hydrogens is 244 g/mol. The van der Waals surface area contributed by atoms with Gasteiger partial charge in [-0.25, -0.2) is 4.98 Å². The summed E-state index contributed by atoms with van der Waals surface area (Å²) in [6.07, 6.45) is 4.12. The van der Waals surface area contributed by atoms with Crippen LogP contribution in [-0.2, 0) is 11.2 Å². The molecule has 1 N–H and O–H groups in total. The lowest BCUT2D eigenvalue weighted by Crippen LogP contribution is -2.12. The van der Waals surface area contributed by atoms with Crippen molar-refractivity contribution in [1.29, 1.82) is 0 Å². The van der Waals surface area contributed by atoms with Gasteiger partial charge in [-0.2, -0.15) is 0 Å². The Hall–Kier alpha value is -1.68. The molecule has 0 aliphatic rings. The summed E-state index contributed by atoms with van der Waals surface area (Å²) < 4.78 is 0. The number of amides is 1. The molecule has 1 amide bonds. The average molecular weight is 260 g/mol. The van der Waals surface area contributed by atoms with Crippen LogP contribution < -0.4 is 5.32 Å². The predicted molar refractivity (Wildman–Crippen MR) is 74.9 cm³/mol. The number of hydrogen-bond acceptors (Lipinski definition) is 3. The van der Waals surface area contributed by atoms with Gasteiger partial charge in [-0.15, -0.1) is 11.3 Å². The topological polar surface area (TPSA) is 42.0 Å². The monoisotopic (exact) mass is 260 g/mol. The van der Waals surface area contributed by atoms with Crippen molar-refractivity contribution >= 4 is 23.1 Å². The lowest BCUT2D eigenvalue weighted by Gasteiger charge is -2.04. The molecule has 94 valence electrons. The van der Waals surface area contributed by atoms with E-state index in [1.54, 1.807) is 17.5 Å². The summed E-state index contributed by atoms with van der Waals surface area (Å²) in [5.41, 5.74) is 1.09. The first-order valence-corrected chi connectivity index (χ1v) is 6.87. The molecule has 0 saturated carbocycles. The molecule has 18 heavy (non-hydrogen) atoms. The molecule has 0 fully saturated rings. The number of nitrogens with one attached hydrogen (secondary N) is 1. The molecule has 2 heterocycles. The molecule has 0 aromatic carbocycles. The molecular formula is C14H16N2OS. The van der Waals surface area contributed by atoms with Gasteiger partial charge in [0.15, 0.2) is 0 Å². The lowest BCUT2D eigenvalue weighted by atomic mass is 10.2. The van der Waals surface area contributed by atoms with Gasteiger partial charge >= 0.3 is 0 Å². The molecule has 2 aromatic rings. The Morgan fingerprint density at radius 3 is 2.94 bits per heavy atom. The van der Waals surface area contributed by atoms with Crippen molar-refractivity contribution in [3.63, 3.8) is 0 Å². The van der Waals surface area contributed by atoms with Crippen LogP contribution in [0, 0.1) is 6.92 Å². The minimum Gasteiger partial charge on any atom is -0.311 e. The highest BCUT2D eigenvalue weighted by atomic mass is 32.1. The molecule has 4 heteroatoms. The number of anilines is 1. The second kappa shape index (κ2) is 6.31. The van der Waals surface area contributed by atoms with Crippen molar-refractivity contribution in [3.05, 3.63) is 46.3 Å². The van der Waals surface area contributed by atoms with E-state index in [1.165, 1.54) is 4.88 Å². The zero-order chi connectivity index (χ0) is 12.8. The van der Waals surface area contributed by atoms with Crippen LogP contribution in [0.3, 0.4) is 0 Å². The van der Waals surface area contributed by atoms with Gasteiger partial charge in [0.25, 0.3) is 0 Å². The SMILES string of the molecule is Cc1ccc(NC(=O)CCCc2cccs2)nc1. The van der Waals surface area contributed by atoms with Crippen LogP contribution in [0.2, 0.25) is 0 Å². The predicted octanol–water partition coefficient (Wildman–Crippen LogP) is 3.41. The Kier molecular flexibility index (Phi) is 4.47. The minimum absolute atomic E-state index is 0.0305. The second-order valence-corrected chi connectivity index (χ2v) is 5.23. The van der Waals surface area contributed by atoms with Crippen LogP contribution in [0.5, 0.6) is 0 Å². The summed E-state index contributed by atoms with van der Waals surface area (Å²) in [7, 11) is 0. The maximum Gasteiger partial charge on any atom is 0.225 e. The number of nitrogens with zero attached hydrogens (tertiary/aromatic N) is 1. The number of thiophene rings is 1. The quantitative estimate of drug-likeness (QED) is 0.895. The van der Waals surface area contributed by atoms with E-state index in [4.69, 9.17) is 0 Å². The van der Waals surface area contributed by atoms with E-state index in [2.05, 4.69) is 21.7 Å². The first-order valence-electron chi connectivity index (χ1n) is 5.99. The Morgan fingerprint density at radius 2 is 2.28 bits per heavy atom. The highest BCUT2D eigenvalue weighted by Crippen LogP contribution is 2.12. The highest BCUT2D eigenvalue weighted by molar-refractivity contribution is 7.09. The van der Waals surface area contributed by atoms with Gasteiger partial charge in [0.05, 0.1) is 0 Å². The third-order valence-corrected chi connectivity index (χ3v) is 3.52. The molecule has 0 atom stereocenters. The van der Waals surface area contributed by atoms with Gasteiger partial charge in [-0.3, -0.25) is 4.79 Å². The van der Waals surface area contributed by atoms with Gasteiger partial charge in [0, 0.05) is 17.5 Å². The molecule has 0 aliphatic carbocycles. The Bertz CT molecular complexity index is 491. The summed E-state index contributed by atoms with van der Waals surface area (Å²) in [5.74, 6) is 0.657. The van der Waals surface area contributed by atoms with Crippen LogP contribution in [-0.4, -0.2) is 10.9 Å². The van der Waals surface area contributed by atoms with Crippen molar-refractivity contribution in [1.82, 2.24) is 4.98 Å². The first-order chi connectivity index (χ1) is 8.74. The first kappa shape index (κ1) is 12.8. The van der Waals surface area contributed by atoms with Gasteiger partial charge < -0.3 is 5.32 Å². The van der Waals surface area contributed by atoms with Crippen LogP contribution in [0.15, 0.2) is 35.8 Å². The zero-order valence-electron chi connectivity index (χ0n) is 10.3. The van der Waals surface area contributed by atoms with Crippen molar-refractivity contribution in [2.45, 2.75) is 26.2 Å². The van der Waals surface area contributed by atoms with Crippen molar-refractivity contribution in [2.24, 2.45) is 0 Å². The third-order valence-electron chi connectivity index (χ3n) is 2.59. The zero-order valence-corrected chi connectivity index (χ0v) is 11.2. The molecule has 0 spiro atoms. The molecule has 0 saturated heterocycles. The Labute approximate surface area is 111 Å². The number of carbonyl (C=O) groups excluding carboxylic acids is 1. The van der Waals surface area contributed by atoms with E-state index in [0.717, 1.165) is 18.4 Å². The fourth-order valence-corrected chi connectivity index (χ4v) is 2.38. The number of pyridine rings is 1. The summed E-state index contributed by atoms with van der Waals surface area (Å²) in [4.78, 5) is 17.2. The van der Waals surface area contributed by atoms with Crippen molar-refractivity contribution < 1.29 is 4.79 Å². The van der Waals surface area contributed by atoms with E-state index in [0.29, 0.717) is 12.2 Å². The van der Waals surface area contributed by atoms with E-state index in [1.807, 2.05) is 25.1 Å². The normalized spacial score (nSPS) is 10.3. The third kappa shape index (κ3) is 3.96. The molecule has 0 aliphatic heterocycles. The summed E-state index contributed by atoms with van der Waals surface area (Å²) >= 11 is 1.74. The summed E-state index contributed by atoms with van der Waals surface area (Å²) in [5, 5.41) is 4.86. The molecule has 0 radical (unpaired) electrons. The van der Waals surface area contributed by atoms with Gasteiger partial charge in [-0.05, 0) is 42.8 Å². The van der Waals surface area contributed by atoms with Gasteiger partial charge in [0.1, 0.15) is 5.82 Å². The highest BCUT2D eigenvalue weighted by Gasteiger charge is 2.03. The average Bonchev–Trinajstić information content (AvgIpc) is 2.85. The minimum atomic E-state index is 0.0305. The molecule has 2 aromatic heterocycles. The number of aromatic nitrogens is 1. The summed E-state index contributed by atoms with van der Waals surface area (Å²) in [6.45, 7) is 1.97. The fraction of sp³-hybridized carbons (Fsp3) is 0.286. The molecule has 2 rings (SSSR count). The van der Waals surface area contributed by atoms with E-state index in [-0.39, 0.29) is 5.91 Å². The maximum absolute atomic E-state index is 11.7. The molecule has 0 bridgehead atoms. The van der Waals surface area contributed by atoms with Crippen LogP contribution in [0.1, 0.15) is 23.3 Å². The molecule has 0 unspecified atom stereocenters. The maximum atomic E-state index is 11.7. The van der Waals surface area contributed by atoms with Crippen LogP contribution >= 0.6 is 11.3 Å². The number of aryl methyl sites for hydroxylation is 2. The Morgan fingerprint density at radius 1 is 1.39 bits per heavy atom.